The maximum absolute atomic E-state index is 4.43. The summed E-state index contributed by atoms with van der Waals surface area (Å²) in [6, 6.07) is 3.09. The molecule has 1 rings (SSSR count). The molecule has 0 fully saturated rings. The molecule has 3 nitrogen and oxygen atoms in total. The lowest BCUT2D eigenvalue weighted by molar-refractivity contribution is 0.388. The van der Waals surface area contributed by atoms with Crippen LogP contribution >= 0.6 is 0 Å². The molecule has 0 spiro atoms. The number of rotatable bonds is 6. The Kier molecular flexibility index (Phi) is 4.82. The lowest BCUT2D eigenvalue weighted by Gasteiger charge is -2.18. The zero-order chi connectivity index (χ0) is 11.3. The van der Waals surface area contributed by atoms with Crippen molar-refractivity contribution in [3.8, 4) is 0 Å². The normalized spacial score (nSPS) is 15.2. The Morgan fingerprint density at radius 2 is 2.20 bits per heavy atom. The van der Waals surface area contributed by atoms with Crippen molar-refractivity contribution in [2.24, 2.45) is 0 Å². The van der Waals surface area contributed by atoms with Crippen LogP contribution in [0.15, 0.2) is 12.3 Å². The average molecular weight is 209 g/mol. The Balaban J connectivity index is 2.38. The monoisotopic (exact) mass is 209 g/mol. The van der Waals surface area contributed by atoms with Crippen LogP contribution in [-0.4, -0.2) is 22.4 Å². The van der Waals surface area contributed by atoms with Gasteiger partial charge in [0.05, 0.1) is 11.7 Å². The highest BCUT2D eigenvalue weighted by atomic mass is 15.3. The minimum Gasteiger partial charge on any atom is -0.314 e. The Hall–Kier alpha value is -0.830. The number of aromatic nitrogens is 2. The number of nitrogens with zero attached hydrogens (tertiary/aromatic N) is 2. The van der Waals surface area contributed by atoms with E-state index in [9.17, 15) is 0 Å². The summed E-state index contributed by atoms with van der Waals surface area (Å²) in [5, 5.41) is 7.93. The van der Waals surface area contributed by atoms with Crippen molar-refractivity contribution in [1.29, 1.82) is 0 Å². The Morgan fingerprint density at radius 1 is 1.47 bits per heavy atom. The average Bonchev–Trinajstić information content (AvgIpc) is 2.61. The first-order valence-electron chi connectivity index (χ1n) is 5.88. The minimum atomic E-state index is 0.470. The molecule has 0 aliphatic carbocycles. The fraction of sp³-hybridized carbons (Fsp3) is 0.750. The predicted octanol–water partition coefficient (Wildman–Crippen LogP) is 2.53. The van der Waals surface area contributed by atoms with Gasteiger partial charge in [-0.15, -0.1) is 0 Å². The molecule has 0 saturated heterocycles. The van der Waals surface area contributed by atoms with Gasteiger partial charge in [0, 0.05) is 12.2 Å². The summed E-state index contributed by atoms with van der Waals surface area (Å²) in [6.07, 6.45) is 4.38. The van der Waals surface area contributed by atoms with Gasteiger partial charge >= 0.3 is 0 Å². The smallest absolute Gasteiger partial charge is 0.0593 e. The van der Waals surface area contributed by atoms with Crippen LogP contribution in [0.1, 0.15) is 45.3 Å². The lowest BCUT2D eigenvalue weighted by atomic mass is 10.1. The third-order valence-electron chi connectivity index (χ3n) is 2.63. The second-order valence-electron chi connectivity index (χ2n) is 4.38. The summed E-state index contributed by atoms with van der Waals surface area (Å²) >= 11 is 0. The van der Waals surface area contributed by atoms with E-state index in [-0.39, 0.29) is 0 Å². The van der Waals surface area contributed by atoms with E-state index in [2.05, 4.69) is 48.1 Å². The van der Waals surface area contributed by atoms with Gasteiger partial charge in [0.1, 0.15) is 0 Å². The number of hydrogen-bond donors (Lipinski definition) is 1. The summed E-state index contributed by atoms with van der Waals surface area (Å²) in [4.78, 5) is 0. The number of hydrogen-bond acceptors (Lipinski definition) is 2. The van der Waals surface area contributed by atoms with Crippen LogP contribution in [0.2, 0.25) is 0 Å². The maximum Gasteiger partial charge on any atom is 0.0593 e. The van der Waals surface area contributed by atoms with E-state index in [0.717, 1.165) is 18.7 Å². The fourth-order valence-corrected chi connectivity index (χ4v) is 1.77. The van der Waals surface area contributed by atoms with E-state index in [0.29, 0.717) is 12.1 Å². The van der Waals surface area contributed by atoms with Crippen molar-refractivity contribution in [3.05, 3.63) is 18.0 Å². The zero-order valence-electron chi connectivity index (χ0n) is 10.3. The predicted molar refractivity (Wildman–Crippen MR) is 64.0 cm³/mol. The van der Waals surface area contributed by atoms with Crippen LogP contribution < -0.4 is 5.32 Å². The van der Waals surface area contributed by atoms with Crippen LogP contribution in [0.25, 0.3) is 0 Å². The van der Waals surface area contributed by atoms with Gasteiger partial charge in [-0.2, -0.15) is 5.10 Å². The summed E-state index contributed by atoms with van der Waals surface area (Å²) in [5.74, 6) is 0. The quantitative estimate of drug-likeness (QED) is 0.780. The van der Waals surface area contributed by atoms with Crippen molar-refractivity contribution in [3.63, 3.8) is 0 Å². The van der Waals surface area contributed by atoms with E-state index >= 15 is 0 Å². The molecule has 15 heavy (non-hydrogen) atoms. The Labute approximate surface area is 92.9 Å². The lowest BCUT2D eigenvalue weighted by Crippen LogP contribution is -2.29. The van der Waals surface area contributed by atoms with E-state index in [1.807, 2.05) is 6.92 Å². The largest absolute Gasteiger partial charge is 0.314 e. The Bertz CT molecular complexity index is 280. The van der Waals surface area contributed by atoms with Crippen LogP contribution in [0.5, 0.6) is 0 Å². The highest BCUT2D eigenvalue weighted by Gasteiger charge is 2.09. The van der Waals surface area contributed by atoms with Gasteiger partial charge in [-0.25, -0.2) is 0 Å². The molecule has 0 radical (unpaired) electrons. The van der Waals surface area contributed by atoms with Gasteiger partial charge in [0.2, 0.25) is 0 Å². The molecular formula is C12H23N3. The van der Waals surface area contributed by atoms with E-state index in [1.54, 1.807) is 0 Å². The Morgan fingerprint density at radius 3 is 2.73 bits per heavy atom. The molecule has 2 atom stereocenters. The van der Waals surface area contributed by atoms with Crippen LogP contribution in [-0.2, 0) is 0 Å². The first-order valence-corrected chi connectivity index (χ1v) is 5.88. The van der Waals surface area contributed by atoms with Gasteiger partial charge in [-0.05, 0) is 46.2 Å². The van der Waals surface area contributed by atoms with E-state index in [4.69, 9.17) is 0 Å². The first kappa shape index (κ1) is 12.2. The van der Waals surface area contributed by atoms with Crippen molar-refractivity contribution < 1.29 is 0 Å². The van der Waals surface area contributed by atoms with Gasteiger partial charge in [-0.3, -0.25) is 4.68 Å². The molecule has 0 aliphatic heterocycles. The van der Waals surface area contributed by atoms with Crippen molar-refractivity contribution in [2.75, 3.05) is 6.54 Å². The molecule has 1 aromatic heterocycles. The molecule has 0 amide bonds. The summed E-state index contributed by atoms with van der Waals surface area (Å²) < 4.78 is 2.06. The molecule has 0 saturated carbocycles. The molecule has 86 valence electrons. The summed E-state index contributed by atoms with van der Waals surface area (Å²) in [6.45, 7) is 9.78. The van der Waals surface area contributed by atoms with Crippen LogP contribution in [0, 0.1) is 6.92 Å². The second-order valence-corrected chi connectivity index (χ2v) is 4.38. The van der Waals surface area contributed by atoms with Crippen molar-refractivity contribution in [2.45, 2.75) is 52.6 Å². The number of nitrogens with one attached hydrogen (secondary N) is 1. The maximum atomic E-state index is 4.43. The molecular weight excluding hydrogens is 186 g/mol. The van der Waals surface area contributed by atoms with Gasteiger partial charge in [0.25, 0.3) is 0 Å². The molecule has 1 heterocycles. The second kappa shape index (κ2) is 5.91. The summed E-state index contributed by atoms with van der Waals surface area (Å²) in [5.41, 5.74) is 1.09. The molecule has 3 heteroatoms. The van der Waals surface area contributed by atoms with E-state index < -0.39 is 0 Å². The number of aryl methyl sites for hydroxylation is 1. The minimum absolute atomic E-state index is 0.470. The van der Waals surface area contributed by atoms with Crippen molar-refractivity contribution in [1.82, 2.24) is 15.1 Å². The molecule has 0 bridgehead atoms. The van der Waals surface area contributed by atoms with Gasteiger partial charge in [-0.1, -0.05) is 6.92 Å². The highest BCUT2D eigenvalue weighted by Crippen LogP contribution is 2.12. The molecule has 0 aromatic carbocycles. The van der Waals surface area contributed by atoms with E-state index in [1.165, 1.54) is 6.42 Å². The molecule has 1 aromatic rings. The third-order valence-corrected chi connectivity index (χ3v) is 2.63. The summed E-state index contributed by atoms with van der Waals surface area (Å²) in [7, 11) is 0. The first-order chi connectivity index (χ1) is 7.13. The highest BCUT2D eigenvalue weighted by molar-refractivity contribution is 4.95. The fourth-order valence-electron chi connectivity index (χ4n) is 1.77. The zero-order valence-corrected chi connectivity index (χ0v) is 10.3. The third kappa shape index (κ3) is 4.04. The molecule has 0 aliphatic rings. The van der Waals surface area contributed by atoms with Gasteiger partial charge < -0.3 is 5.32 Å². The van der Waals surface area contributed by atoms with Gasteiger partial charge in [0.15, 0.2) is 0 Å². The topological polar surface area (TPSA) is 29.9 Å². The molecule has 1 N–H and O–H groups in total. The van der Waals surface area contributed by atoms with Crippen molar-refractivity contribution >= 4 is 0 Å². The standard InChI is InChI=1S/C12H23N3/c1-5-7-13-11(3)9-12(4)15-8-6-10(2)14-15/h6,8,11-13H,5,7,9H2,1-4H3. The van der Waals surface area contributed by atoms with Crippen LogP contribution in [0.3, 0.4) is 0 Å². The SMILES string of the molecule is CCCNC(C)CC(C)n1ccc(C)n1. The van der Waals surface area contributed by atoms with Crippen LogP contribution in [0.4, 0.5) is 0 Å². The molecule has 2 unspecified atom stereocenters.